The second-order valence-corrected chi connectivity index (χ2v) is 5.62. The number of aromatic amines is 1. The number of nitriles is 1. The lowest BCUT2D eigenvalue weighted by Crippen LogP contribution is -2.43. The standard InChI is InChI=1S/C19H16N4O3/c1-26-19(25)16(9-13-11-22-15-7-3-2-6-14(13)15)23-18(24)17-12(10-20)5-4-8-21-17/h2-8,11,16,22H,9H2,1H3,(H,23,24)/t16-/m0/s1. The van der Waals surface area contributed by atoms with Crippen LogP contribution in [0.15, 0.2) is 48.8 Å². The van der Waals surface area contributed by atoms with E-state index >= 15 is 0 Å². The van der Waals surface area contributed by atoms with Crippen LogP contribution in [-0.2, 0) is 16.0 Å². The van der Waals surface area contributed by atoms with Crippen LogP contribution in [0.5, 0.6) is 0 Å². The van der Waals surface area contributed by atoms with Crippen molar-refractivity contribution in [3.8, 4) is 6.07 Å². The van der Waals surface area contributed by atoms with Gasteiger partial charge in [-0.3, -0.25) is 4.79 Å². The van der Waals surface area contributed by atoms with Crippen molar-refractivity contribution in [3.63, 3.8) is 0 Å². The number of para-hydroxylation sites is 1. The summed E-state index contributed by atoms with van der Waals surface area (Å²) in [7, 11) is 1.26. The number of ether oxygens (including phenoxy) is 1. The Hall–Kier alpha value is -3.66. The van der Waals surface area contributed by atoms with E-state index in [2.05, 4.69) is 15.3 Å². The molecule has 0 unspecified atom stereocenters. The molecule has 3 rings (SSSR count). The van der Waals surface area contributed by atoms with E-state index in [-0.39, 0.29) is 17.7 Å². The second-order valence-electron chi connectivity index (χ2n) is 5.62. The van der Waals surface area contributed by atoms with Gasteiger partial charge in [-0.25, -0.2) is 9.78 Å². The van der Waals surface area contributed by atoms with Gasteiger partial charge in [-0.05, 0) is 23.8 Å². The molecule has 0 radical (unpaired) electrons. The summed E-state index contributed by atoms with van der Waals surface area (Å²) < 4.78 is 4.82. The molecule has 0 fully saturated rings. The van der Waals surface area contributed by atoms with Crippen LogP contribution in [0.25, 0.3) is 10.9 Å². The van der Waals surface area contributed by atoms with Crippen LogP contribution in [0.2, 0.25) is 0 Å². The van der Waals surface area contributed by atoms with Gasteiger partial charge in [-0.1, -0.05) is 18.2 Å². The number of aromatic nitrogens is 2. The lowest BCUT2D eigenvalue weighted by Gasteiger charge is -2.16. The molecule has 0 saturated carbocycles. The number of benzene rings is 1. The van der Waals surface area contributed by atoms with E-state index in [0.29, 0.717) is 0 Å². The Morgan fingerprint density at radius 3 is 2.88 bits per heavy atom. The van der Waals surface area contributed by atoms with Crippen LogP contribution in [0.1, 0.15) is 21.6 Å². The Morgan fingerprint density at radius 2 is 2.12 bits per heavy atom. The number of pyridine rings is 1. The number of nitrogens with one attached hydrogen (secondary N) is 2. The van der Waals surface area contributed by atoms with Gasteiger partial charge in [0, 0.05) is 29.7 Å². The number of hydrogen-bond acceptors (Lipinski definition) is 5. The van der Waals surface area contributed by atoms with Crippen LogP contribution in [0.3, 0.4) is 0 Å². The monoisotopic (exact) mass is 348 g/mol. The molecule has 7 nitrogen and oxygen atoms in total. The van der Waals surface area contributed by atoms with Crippen molar-refractivity contribution >= 4 is 22.8 Å². The summed E-state index contributed by atoms with van der Waals surface area (Å²) in [5.74, 6) is -1.17. The summed E-state index contributed by atoms with van der Waals surface area (Å²) in [6.45, 7) is 0. The molecule has 130 valence electrons. The molecule has 1 atom stereocenters. The molecule has 2 N–H and O–H groups in total. The Balaban J connectivity index is 1.86. The highest BCUT2D eigenvalue weighted by Gasteiger charge is 2.25. The summed E-state index contributed by atoms with van der Waals surface area (Å²) in [4.78, 5) is 31.7. The van der Waals surface area contributed by atoms with Crippen LogP contribution < -0.4 is 5.32 Å². The van der Waals surface area contributed by atoms with E-state index in [1.807, 2.05) is 30.3 Å². The maximum absolute atomic E-state index is 12.5. The lowest BCUT2D eigenvalue weighted by molar-refractivity contribution is -0.142. The summed E-state index contributed by atoms with van der Waals surface area (Å²) in [6.07, 6.45) is 3.47. The number of carbonyl (C=O) groups is 2. The Bertz CT molecular complexity index is 1000. The zero-order valence-electron chi connectivity index (χ0n) is 14.0. The fourth-order valence-electron chi connectivity index (χ4n) is 2.76. The summed E-state index contributed by atoms with van der Waals surface area (Å²) >= 11 is 0. The third kappa shape index (κ3) is 3.39. The molecule has 1 aromatic carbocycles. The van der Waals surface area contributed by atoms with Gasteiger partial charge >= 0.3 is 5.97 Å². The average Bonchev–Trinajstić information content (AvgIpc) is 3.09. The molecule has 26 heavy (non-hydrogen) atoms. The van der Waals surface area contributed by atoms with Gasteiger partial charge in [0.15, 0.2) is 0 Å². The fourth-order valence-corrected chi connectivity index (χ4v) is 2.76. The fraction of sp³-hybridized carbons (Fsp3) is 0.158. The second kappa shape index (κ2) is 7.49. The molecule has 2 aromatic heterocycles. The zero-order chi connectivity index (χ0) is 18.5. The number of amides is 1. The first-order valence-corrected chi connectivity index (χ1v) is 7.93. The molecular formula is C19H16N4O3. The number of rotatable bonds is 5. The molecular weight excluding hydrogens is 332 g/mol. The molecule has 7 heteroatoms. The zero-order valence-corrected chi connectivity index (χ0v) is 14.0. The number of carbonyl (C=O) groups excluding carboxylic acids is 2. The Kier molecular flexibility index (Phi) is 4.94. The Labute approximate surface area is 149 Å². The highest BCUT2D eigenvalue weighted by atomic mass is 16.5. The number of esters is 1. The molecule has 0 bridgehead atoms. The lowest BCUT2D eigenvalue weighted by atomic mass is 10.0. The number of methoxy groups -OCH3 is 1. The number of nitrogens with zero attached hydrogens (tertiary/aromatic N) is 2. The van der Waals surface area contributed by atoms with Crippen molar-refractivity contribution in [2.24, 2.45) is 0 Å². The third-order valence-corrected chi connectivity index (χ3v) is 4.03. The van der Waals surface area contributed by atoms with E-state index in [0.717, 1.165) is 16.5 Å². The average molecular weight is 348 g/mol. The maximum atomic E-state index is 12.5. The van der Waals surface area contributed by atoms with E-state index in [1.165, 1.54) is 19.4 Å². The van der Waals surface area contributed by atoms with Crippen LogP contribution in [-0.4, -0.2) is 35.0 Å². The van der Waals surface area contributed by atoms with Gasteiger partial charge in [-0.2, -0.15) is 5.26 Å². The van der Waals surface area contributed by atoms with Gasteiger partial charge in [0.05, 0.1) is 12.7 Å². The molecule has 0 spiro atoms. The van der Waals surface area contributed by atoms with Crippen molar-refractivity contribution in [3.05, 3.63) is 65.6 Å². The van der Waals surface area contributed by atoms with Gasteiger partial charge < -0.3 is 15.0 Å². The predicted molar refractivity (Wildman–Crippen MR) is 94.2 cm³/mol. The van der Waals surface area contributed by atoms with E-state index in [4.69, 9.17) is 10.00 Å². The number of fused-ring (bicyclic) bond motifs is 1. The van der Waals surface area contributed by atoms with E-state index < -0.39 is 17.9 Å². The predicted octanol–water partition coefficient (Wildman–Crippen LogP) is 1.95. The van der Waals surface area contributed by atoms with Crippen LogP contribution in [0, 0.1) is 11.3 Å². The van der Waals surface area contributed by atoms with Crippen molar-refractivity contribution in [1.29, 1.82) is 5.26 Å². The van der Waals surface area contributed by atoms with Gasteiger partial charge in [-0.15, -0.1) is 0 Å². The summed E-state index contributed by atoms with van der Waals surface area (Å²) in [6, 6.07) is 11.8. The summed E-state index contributed by atoms with van der Waals surface area (Å²) in [5, 5.41) is 12.7. The van der Waals surface area contributed by atoms with Gasteiger partial charge in [0.2, 0.25) is 0 Å². The Morgan fingerprint density at radius 1 is 1.31 bits per heavy atom. The van der Waals surface area contributed by atoms with Crippen molar-refractivity contribution < 1.29 is 14.3 Å². The van der Waals surface area contributed by atoms with Crippen molar-refractivity contribution in [2.45, 2.75) is 12.5 Å². The number of hydrogen-bond donors (Lipinski definition) is 2. The first-order valence-electron chi connectivity index (χ1n) is 7.93. The van der Waals surface area contributed by atoms with E-state index in [1.54, 1.807) is 12.3 Å². The maximum Gasteiger partial charge on any atom is 0.328 e. The van der Waals surface area contributed by atoms with Crippen LogP contribution >= 0.6 is 0 Å². The summed E-state index contributed by atoms with van der Waals surface area (Å²) in [5.41, 5.74) is 1.93. The minimum absolute atomic E-state index is 0.0252. The highest BCUT2D eigenvalue weighted by Crippen LogP contribution is 2.19. The minimum Gasteiger partial charge on any atom is -0.467 e. The molecule has 2 heterocycles. The van der Waals surface area contributed by atoms with Crippen molar-refractivity contribution in [2.75, 3.05) is 7.11 Å². The molecule has 0 aliphatic carbocycles. The van der Waals surface area contributed by atoms with Gasteiger partial charge in [0.1, 0.15) is 17.8 Å². The van der Waals surface area contributed by atoms with E-state index in [9.17, 15) is 9.59 Å². The number of H-pyrrole nitrogens is 1. The third-order valence-electron chi connectivity index (χ3n) is 4.03. The first kappa shape index (κ1) is 17.2. The molecule has 0 aliphatic rings. The molecule has 0 saturated heterocycles. The van der Waals surface area contributed by atoms with Crippen LogP contribution in [0.4, 0.5) is 0 Å². The topological polar surface area (TPSA) is 108 Å². The smallest absolute Gasteiger partial charge is 0.328 e. The van der Waals surface area contributed by atoms with Crippen molar-refractivity contribution in [1.82, 2.24) is 15.3 Å². The molecule has 1 amide bonds. The molecule has 0 aliphatic heterocycles. The SMILES string of the molecule is COC(=O)[C@H](Cc1c[nH]c2ccccc12)NC(=O)c1ncccc1C#N. The first-order chi connectivity index (χ1) is 12.6. The van der Waals surface area contributed by atoms with Gasteiger partial charge in [0.25, 0.3) is 5.91 Å². The normalized spacial score (nSPS) is 11.5. The largest absolute Gasteiger partial charge is 0.467 e. The quantitative estimate of drug-likeness (QED) is 0.685. The molecule has 3 aromatic rings. The highest BCUT2D eigenvalue weighted by molar-refractivity contribution is 5.97. The minimum atomic E-state index is -0.903.